The molecule has 3 aromatic carbocycles. The molecule has 1 aliphatic rings. The second kappa shape index (κ2) is 9.89. The molecule has 0 heterocycles. The molecule has 0 bridgehead atoms. The molecule has 3 aromatic rings. The van der Waals surface area contributed by atoms with E-state index in [-0.39, 0.29) is 28.6 Å². The van der Waals surface area contributed by atoms with Gasteiger partial charge in [-0.1, -0.05) is 48.9 Å². The first-order valence-corrected chi connectivity index (χ1v) is 11.7. The van der Waals surface area contributed by atoms with Gasteiger partial charge in [-0.3, -0.25) is 9.59 Å². The first-order chi connectivity index (χ1) is 17.4. The van der Waals surface area contributed by atoms with E-state index in [0.717, 1.165) is 28.8 Å². The van der Waals surface area contributed by atoms with Gasteiger partial charge in [-0.05, 0) is 59.9 Å². The van der Waals surface area contributed by atoms with Crippen LogP contribution in [0.2, 0.25) is 5.02 Å². The second-order valence-corrected chi connectivity index (χ2v) is 9.59. The van der Waals surface area contributed by atoms with Crippen LogP contribution in [0, 0.1) is 5.41 Å². The van der Waals surface area contributed by atoms with Crippen molar-refractivity contribution >= 4 is 40.8 Å². The SMILES string of the molecule is CC1(CC(=O)O)CCc2cc(-c3ccc(NC(=O)Nc4cccc(C(F)(F)F)c4)c(Cl)c3)ccc2C1=O. The maximum atomic E-state index is 12.9. The molecule has 0 aliphatic heterocycles. The number of hydrogen-bond donors (Lipinski definition) is 3. The summed E-state index contributed by atoms with van der Waals surface area (Å²) in [6.07, 6.45) is -3.77. The van der Waals surface area contributed by atoms with Crippen molar-refractivity contribution in [1.29, 1.82) is 0 Å². The van der Waals surface area contributed by atoms with E-state index in [9.17, 15) is 32.7 Å². The number of Topliss-reactive ketones (excluding diaryl/α,β-unsaturated/α-hetero) is 1. The Hall–Kier alpha value is -3.85. The van der Waals surface area contributed by atoms with E-state index in [1.807, 2.05) is 6.07 Å². The van der Waals surface area contributed by atoms with Crippen LogP contribution in [0.15, 0.2) is 60.7 Å². The molecule has 0 saturated heterocycles. The second-order valence-electron chi connectivity index (χ2n) is 9.18. The van der Waals surface area contributed by atoms with Crippen molar-refractivity contribution in [3.8, 4) is 11.1 Å². The fourth-order valence-electron chi connectivity index (χ4n) is 4.41. The number of benzene rings is 3. The molecule has 4 rings (SSSR count). The molecular weight excluding hydrogens is 509 g/mol. The van der Waals surface area contributed by atoms with E-state index in [4.69, 9.17) is 11.6 Å². The monoisotopic (exact) mass is 530 g/mol. The number of hydrogen-bond acceptors (Lipinski definition) is 3. The predicted octanol–water partition coefficient (Wildman–Crippen LogP) is 7.28. The Morgan fingerprint density at radius 2 is 1.73 bits per heavy atom. The highest BCUT2D eigenvalue weighted by molar-refractivity contribution is 6.34. The van der Waals surface area contributed by atoms with Gasteiger partial charge in [0.25, 0.3) is 0 Å². The Morgan fingerprint density at radius 3 is 2.41 bits per heavy atom. The number of alkyl halides is 3. The van der Waals surface area contributed by atoms with Crippen LogP contribution in [0.25, 0.3) is 11.1 Å². The average Bonchev–Trinajstić information content (AvgIpc) is 2.82. The van der Waals surface area contributed by atoms with Gasteiger partial charge in [0.1, 0.15) is 0 Å². The van der Waals surface area contributed by atoms with E-state index in [1.54, 1.807) is 37.3 Å². The van der Waals surface area contributed by atoms with Gasteiger partial charge >= 0.3 is 18.2 Å². The fourth-order valence-corrected chi connectivity index (χ4v) is 4.64. The van der Waals surface area contributed by atoms with Gasteiger partial charge in [0.05, 0.1) is 22.7 Å². The van der Waals surface area contributed by atoms with Gasteiger partial charge in [-0.2, -0.15) is 13.2 Å². The highest BCUT2D eigenvalue weighted by atomic mass is 35.5. The third kappa shape index (κ3) is 5.77. The number of ketones is 1. The Balaban J connectivity index is 1.48. The molecule has 1 unspecified atom stereocenters. The molecule has 2 amide bonds. The number of carbonyl (C=O) groups is 3. The Bertz CT molecular complexity index is 1410. The van der Waals surface area contributed by atoms with Crippen molar-refractivity contribution in [2.24, 2.45) is 5.41 Å². The summed E-state index contributed by atoms with van der Waals surface area (Å²) in [7, 11) is 0. The maximum absolute atomic E-state index is 12.9. The maximum Gasteiger partial charge on any atom is 0.416 e. The number of urea groups is 1. The molecule has 192 valence electrons. The molecule has 6 nitrogen and oxygen atoms in total. The van der Waals surface area contributed by atoms with Crippen LogP contribution in [0.1, 0.15) is 41.3 Å². The molecule has 1 atom stereocenters. The summed E-state index contributed by atoms with van der Waals surface area (Å²) in [6, 6.07) is 13.7. The summed E-state index contributed by atoms with van der Waals surface area (Å²) >= 11 is 6.36. The van der Waals surface area contributed by atoms with E-state index in [0.29, 0.717) is 18.4 Å². The van der Waals surface area contributed by atoms with Crippen LogP contribution < -0.4 is 10.6 Å². The average molecular weight is 531 g/mol. The number of aryl methyl sites for hydroxylation is 1. The van der Waals surface area contributed by atoms with E-state index >= 15 is 0 Å². The van der Waals surface area contributed by atoms with Crippen LogP contribution in [-0.4, -0.2) is 22.9 Å². The minimum Gasteiger partial charge on any atom is -0.481 e. The van der Waals surface area contributed by atoms with Gasteiger partial charge in [-0.25, -0.2) is 4.79 Å². The Kier molecular flexibility index (Phi) is 7.01. The largest absolute Gasteiger partial charge is 0.481 e. The standard InChI is InChI=1S/C27H22ClF3N2O4/c1-26(14-23(34)35)10-9-17-11-15(5-7-20(17)24(26)36)16-6-8-22(21(28)12-16)33-25(37)32-19-4-2-3-18(13-19)27(29,30)31/h2-8,11-13H,9-10,14H2,1H3,(H,34,35)(H2,32,33,37). The summed E-state index contributed by atoms with van der Waals surface area (Å²) in [5.41, 5.74) is 1.25. The zero-order valence-electron chi connectivity index (χ0n) is 19.6. The molecule has 1 aliphatic carbocycles. The molecule has 0 fully saturated rings. The van der Waals surface area contributed by atoms with Gasteiger partial charge in [-0.15, -0.1) is 0 Å². The fraction of sp³-hybridized carbons (Fsp3) is 0.222. The summed E-state index contributed by atoms with van der Waals surface area (Å²) in [6.45, 7) is 1.68. The first-order valence-electron chi connectivity index (χ1n) is 11.3. The number of aliphatic carboxylic acids is 1. The lowest BCUT2D eigenvalue weighted by molar-refractivity contribution is -0.139. The molecular formula is C27H22ClF3N2O4. The van der Waals surface area contributed by atoms with Crippen molar-refractivity contribution in [3.63, 3.8) is 0 Å². The third-order valence-corrected chi connectivity index (χ3v) is 6.70. The highest BCUT2D eigenvalue weighted by Crippen LogP contribution is 2.40. The van der Waals surface area contributed by atoms with Gasteiger partial charge in [0.2, 0.25) is 0 Å². The summed E-state index contributed by atoms with van der Waals surface area (Å²) < 4.78 is 38.7. The number of fused-ring (bicyclic) bond motifs is 1. The highest BCUT2D eigenvalue weighted by Gasteiger charge is 2.40. The minimum absolute atomic E-state index is 0.0249. The number of halogens is 4. The number of nitrogens with one attached hydrogen (secondary N) is 2. The van der Waals surface area contributed by atoms with Crippen molar-refractivity contribution < 1.29 is 32.7 Å². The van der Waals surface area contributed by atoms with Crippen LogP contribution in [0.5, 0.6) is 0 Å². The predicted molar refractivity (Wildman–Crippen MR) is 134 cm³/mol. The van der Waals surface area contributed by atoms with E-state index in [1.165, 1.54) is 12.1 Å². The molecule has 0 aromatic heterocycles. The van der Waals surface area contributed by atoms with Crippen molar-refractivity contribution in [3.05, 3.63) is 82.4 Å². The third-order valence-electron chi connectivity index (χ3n) is 6.38. The van der Waals surface area contributed by atoms with Crippen LogP contribution in [0.4, 0.5) is 29.3 Å². The van der Waals surface area contributed by atoms with Crippen LogP contribution in [0.3, 0.4) is 0 Å². The first kappa shape index (κ1) is 26.2. The van der Waals surface area contributed by atoms with E-state index < -0.39 is 29.2 Å². The lowest BCUT2D eigenvalue weighted by Gasteiger charge is -2.32. The lowest BCUT2D eigenvalue weighted by atomic mass is 9.69. The molecule has 3 N–H and O–H groups in total. The van der Waals surface area contributed by atoms with Crippen LogP contribution in [-0.2, 0) is 17.4 Å². The smallest absolute Gasteiger partial charge is 0.416 e. The number of rotatable bonds is 5. The van der Waals surface area contributed by atoms with Crippen LogP contribution >= 0.6 is 11.6 Å². The number of amides is 2. The molecule has 37 heavy (non-hydrogen) atoms. The van der Waals surface area contributed by atoms with Crippen molar-refractivity contribution in [2.75, 3.05) is 10.6 Å². The minimum atomic E-state index is -4.53. The van der Waals surface area contributed by atoms with Crippen molar-refractivity contribution in [2.45, 2.75) is 32.4 Å². The topological polar surface area (TPSA) is 95.5 Å². The summed E-state index contributed by atoms with van der Waals surface area (Å²) in [5.74, 6) is -1.20. The number of anilines is 2. The van der Waals surface area contributed by atoms with Gasteiger partial charge < -0.3 is 15.7 Å². The normalized spacial score (nSPS) is 17.2. The zero-order valence-corrected chi connectivity index (χ0v) is 20.3. The number of carboxylic acid groups (broad SMARTS) is 1. The van der Waals surface area contributed by atoms with E-state index in [2.05, 4.69) is 10.6 Å². The number of carbonyl (C=O) groups excluding carboxylic acids is 2. The Labute approximate surface area is 215 Å². The molecule has 0 saturated carbocycles. The zero-order chi connectivity index (χ0) is 27.0. The summed E-state index contributed by atoms with van der Waals surface area (Å²) in [5, 5.41) is 14.3. The quantitative estimate of drug-likeness (QED) is 0.323. The summed E-state index contributed by atoms with van der Waals surface area (Å²) in [4.78, 5) is 36.5. The van der Waals surface area contributed by atoms with Crippen molar-refractivity contribution in [1.82, 2.24) is 0 Å². The molecule has 10 heteroatoms. The van der Waals surface area contributed by atoms with Gasteiger partial charge in [0, 0.05) is 16.7 Å². The van der Waals surface area contributed by atoms with Gasteiger partial charge in [0.15, 0.2) is 5.78 Å². The number of carboxylic acids is 1. The Morgan fingerprint density at radius 1 is 1.03 bits per heavy atom. The molecule has 0 spiro atoms. The lowest BCUT2D eigenvalue weighted by Crippen LogP contribution is -2.35. The molecule has 0 radical (unpaired) electrons.